The molecule has 2 nitrogen and oxygen atoms in total. The lowest BCUT2D eigenvalue weighted by Gasteiger charge is -2.03. The summed E-state index contributed by atoms with van der Waals surface area (Å²) in [6, 6.07) is 0. The van der Waals surface area contributed by atoms with Gasteiger partial charge in [0.1, 0.15) is 0 Å². The van der Waals surface area contributed by atoms with Gasteiger partial charge in [0.2, 0.25) is 0 Å². The second kappa shape index (κ2) is 3.78. The molecule has 0 aromatic carbocycles. The molecule has 48 valence electrons. The SMILES string of the molecule is CSC(C)CC(=N)N. The molecule has 0 bridgehead atoms. The lowest BCUT2D eigenvalue weighted by molar-refractivity contribution is 1.00. The van der Waals surface area contributed by atoms with Gasteiger partial charge in [-0.1, -0.05) is 6.92 Å². The Hall–Kier alpha value is -0.180. The summed E-state index contributed by atoms with van der Waals surface area (Å²) in [7, 11) is 0. The van der Waals surface area contributed by atoms with Crippen LogP contribution in [0, 0.1) is 5.41 Å². The molecule has 3 heteroatoms. The fourth-order valence-corrected chi connectivity index (χ4v) is 0.739. The highest BCUT2D eigenvalue weighted by Gasteiger charge is 1.98. The van der Waals surface area contributed by atoms with Crippen LogP contribution in [0.15, 0.2) is 0 Å². The lowest BCUT2D eigenvalue weighted by Crippen LogP contribution is -2.14. The number of hydrogen-bond acceptors (Lipinski definition) is 2. The van der Waals surface area contributed by atoms with Gasteiger partial charge in [-0.15, -0.1) is 0 Å². The standard InChI is InChI=1S/C5H12N2S/c1-4(8-2)3-5(6)7/h4H,3H2,1-2H3,(H3,6,7). The number of nitrogens with one attached hydrogen (secondary N) is 1. The quantitative estimate of drug-likeness (QED) is 0.445. The lowest BCUT2D eigenvalue weighted by atomic mass is 10.3. The Morgan fingerprint density at radius 2 is 2.38 bits per heavy atom. The predicted molar refractivity (Wildman–Crippen MR) is 39.5 cm³/mol. The van der Waals surface area contributed by atoms with Gasteiger partial charge in [0.25, 0.3) is 0 Å². The van der Waals surface area contributed by atoms with Gasteiger partial charge in [-0.2, -0.15) is 11.8 Å². The monoisotopic (exact) mass is 132 g/mol. The Labute approximate surface area is 54.3 Å². The topological polar surface area (TPSA) is 49.9 Å². The zero-order valence-corrected chi connectivity index (χ0v) is 6.09. The van der Waals surface area contributed by atoms with Crippen molar-refractivity contribution in [1.29, 1.82) is 5.41 Å². The van der Waals surface area contributed by atoms with Gasteiger partial charge in [-0.3, -0.25) is 5.41 Å². The molecule has 3 N–H and O–H groups in total. The Bertz CT molecular complexity index is 82.5. The second-order valence-electron chi connectivity index (χ2n) is 1.78. The van der Waals surface area contributed by atoms with E-state index in [1.165, 1.54) is 0 Å². The van der Waals surface area contributed by atoms with Gasteiger partial charge in [0.15, 0.2) is 0 Å². The summed E-state index contributed by atoms with van der Waals surface area (Å²) in [6.45, 7) is 2.06. The molecule has 0 heterocycles. The van der Waals surface area contributed by atoms with E-state index in [1.807, 2.05) is 6.26 Å². The van der Waals surface area contributed by atoms with Crippen LogP contribution in [-0.4, -0.2) is 17.3 Å². The Kier molecular flexibility index (Phi) is 3.69. The zero-order valence-electron chi connectivity index (χ0n) is 5.27. The van der Waals surface area contributed by atoms with Gasteiger partial charge in [-0.25, -0.2) is 0 Å². The first kappa shape index (κ1) is 7.82. The van der Waals surface area contributed by atoms with Crippen molar-refractivity contribution in [2.75, 3.05) is 6.26 Å². The molecule has 0 aliphatic heterocycles. The molecule has 0 saturated heterocycles. The molecule has 0 amide bonds. The number of nitrogens with two attached hydrogens (primary N) is 1. The molecule has 0 radical (unpaired) electrons. The number of amidine groups is 1. The van der Waals surface area contributed by atoms with Gasteiger partial charge in [0, 0.05) is 11.7 Å². The summed E-state index contributed by atoms with van der Waals surface area (Å²) in [5.74, 6) is 0.284. The van der Waals surface area contributed by atoms with Crippen LogP contribution in [0.4, 0.5) is 0 Å². The van der Waals surface area contributed by atoms with E-state index in [1.54, 1.807) is 11.8 Å². The molecular formula is C5H12N2S. The maximum absolute atomic E-state index is 6.89. The molecule has 0 aromatic rings. The van der Waals surface area contributed by atoms with Gasteiger partial charge in [0.05, 0.1) is 5.84 Å². The van der Waals surface area contributed by atoms with Crippen LogP contribution in [0.25, 0.3) is 0 Å². The summed E-state index contributed by atoms with van der Waals surface area (Å²) in [6.07, 6.45) is 2.73. The van der Waals surface area contributed by atoms with E-state index in [2.05, 4.69) is 6.92 Å². The second-order valence-corrected chi connectivity index (χ2v) is 3.05. The molecule has 0 aromatic heterocycles. The Morgan fingerprint density at radius 3 is 2.50 bits per heavy atom. The third kappa shape index (κ3) is 3.99. The van der Waals surface area contributed by atoms with E-state index >= 15 is 0 Å². The average Bonchev–Trinajstić information content (AvgIpc) is 1.65. The highest BCUT2D eigenvalue weighted by Crippen LogP contribution is 2.07. The molecule has 0 spiro atoms. The summed E-state index contributed by atoms with van der Waals surface area (Å²) >= 11 is 1.73. The summed E-state index contributed by atoms with van der Waals surface area (Å²) in [5, 5.41) is 7.39. The predicted octanol–water partition coefficient (Wildman–Crippen LogP) is 1.06. The summed E-state index contributed by atoms with van der Waals surface area (Å²) < 4.78 is 0. The van der Waals surface area contributed by atoms with E-state index in [0.29, 0.717) is 11.7 Å². The summed E-state index contributed by atoms with van der Waals surface area (Å²) in [5.41, 5.74) is 5.14. The van der Waals surface area contributed by atoms with Crippen LogP contribution in [0.5, 0.6) is 0 Å². The summed E-state index contributed by atoms with van der Waals surface area (Å²) in [4.78, 5) is 0. The Morgan fingerprint density at radius 1 is 1.88 bits per heavy atom. The molecule has 0 saturated carbocycles. The molecule has 0 aliphatic rings. The first-order valence-electron chi connectivity index (χ1n) is 2.52. The normalized spacial score (nSPS) is 13.2. The minimum absolute atomic E-state index is 0.284. The highest BCUT2D eigenvalue weighted by atomic mass is 32.2. The van der Waals surface area contributed by atoms with Crippen molar-refractivity contribution < 1.29 is 0 Å². The highest BCUT2D eigenvalue weighted by molar-refractivity contribution is 7.99. The molecule has 0 fully saturated rings. The number of thioether (sulfide) groups is 1. The maximum atomic E-state index is 6.89. The third-order valence-corrected chi connectivity index (χ3v) is 1.88. The van der Waals surface area contributed by atoms with Crippen LogP contribution < -0.4 is 5.73 Å². The van der Waals surface area contributed by atoms with Gasteiger partial charge >= 0.3 is 0 Å². The largest absolute Gasteiger partial charge is 0.388 e. The fraction of sp³-hybridized carbons (Fsp3) is 0.800. The van der Waals surface area contributed by atoms with E-state index in [4.69, 9.17) is 11.1 Å². The van der Waals surface area contributed by atoms with Gasteiger partial charge in [-0.05, 0) is 6.26 Å². The smallest absolute Gasteiger partial charge is 0.0916 e. The minimum Gasteiger partial charge on any atom is -0.388 e. The molecule has 0 aliphatic carbocycles. The molecule has 1 unspecified atom stereocenters. The zero-order chi connectivity index (χ0) is 6.57. The van der Waals surface area contributed by atoms with Crippen molar-refractivity contribution in [2.45, 2.75) is 18.6 Å². The first-order valence-corrected chi connectivity index (χ1v) is 3.81. The van der Waals surface area contributed by atoms with E-state index < -0.39 is 0 Å². The van der Waals surface area contributed by atoms with Gasteiger partial charge < -0.3 is 5.73 Å². The van der Waals surface area contributed by atoms with Crippen molar-refractivity contribution in [3.63, 3.8) is 0 Å². The van der Waals surface area contributed by atoms with Crippen LogP contribution in [0.3, 0.4) is 0 Å². The van der Waals surface area contributed by atoms with Crippen LogP contribution >= 0.6 is 11.8 Å². The number of rotatable bonds is 3. The molecular weight excluding hydrogens is 120 g/mol. The van der Waals surface area contributed by atoms with Crippen molar-refractivity contribution in [3.05, 3.63) is 0 Å². The maximum Gasteiger partial charge on any atom is 0.0916 e. The van der Waals surface area contributed by atoms with Crippen LogP contribution in [0.1, 0.15) is 13.3 Å². The van der Waals surface area contributed by atoms with Crippen molar-refractivity contribution >= 4 is 17.6 Å². The fourth-order valence-electron chi connectivity index (χ4n) is 0.393. The van der Waals surface area contributed by atoms with Crippen molar-refractivity contribution in [3.8, 4) is 0 Å². The van der Waals surface area contributed by atoms with Crippen LogP contribution in [-0.2, 0) is 0 Å². The molecule has 1 atom stereocenters. The van der Waals surface area contributed by atoms with E-state index in [-0.39, 0.29) is 5.84 Å². The van der Waals surface area contributed by atoms with Crippen molar-refractivity contribution in [2.24, 2.45) is 5.73 Å². The average molecular weight is 132 g/mol. The Balaban J connectivity index is 3.24. The van der Waals surface area contributed by atoms with Crippen molar-refractivity contribution in [1.82, 2.24) is 0 Å². The van der Waals surface area contributed by atoms with E-state index in [0.717, 1.165) is 0 Å². The number of hydrogen-bond donors (Lipinski definition) is 2. The minimum atomic E-state index is 0.284. The first-order chi connectivity index (χ1) is 3.66. The third-order valence-electron chi connectivity index (χ3n) is 0.910. The van der Waals surface area contributed by atoms with Crippen LogP contribution in [0.2, 0.25) is 0 Å². The van der Waals surface area contributed by atoms with E-state index in [9.17, 15) is 0 Å². The molecule has 8 heavy (non-hydrogen) atoms. The molecule has 0 rings (SSSR count).